The summed E-state index contributed by atoms with van der Waals surface area (Å²) >= 11 is 0. The van der Waals surface area contributed by atoms with Crippen molar-refractivity contribution in [1.82, 2.24) is 0 Å². The minimum atomic E-state index is 0. The van der Waals surface area contributed by atoms with Crippen LogP contribution in [-0.2, 0) is 32.7 Å². The van der Waals surface area contributed by atoms with Crippen LogP contribution in [0.2, 0.25) is 0 Å². The molecule has 0 nitrogen and oxygen atoms in total. The van der Waals surface area contributed by atoms with E-state index in [1.54, 1.807) is 0 Å². The summed E-state index contributed by atoms with van der Waals surface area (Å²) in [6.07, 6.45) is 0.934. The zero-order valence-electron chi connectivity index (χ0n) is 7.78. The van der Waals surface area contributed by atoms with Crippen LogP contribution in [0.1, 0.15) is 27.2 Å². The first-order valence-corrected chi connectivity index (χ1v) is 3.11. The van der Waals surface area contributed by atoms with E-state index in [1.807, 2.05) is 0 Å². The van der Waals surface area contributed by atoms with Gasteiger partial charge in [-0.05, 0) is 0 Å². The van der Waals surface area contributed by atoms with Crippen molar-refractivity contribution in [3.05, 3.63) is 13.8 Å². The quantitative estimate of drug-likeness (QED) is 0.436. The fraction of sp³-hybridized carbons (Fsp3) is 0.750. The maximum Gasteiger partial charge on any atom is 1.00 e. The van der Waals surface area contributed by atoms with Crippen LogP contribution >= 0.6 is 0 Å². The number of rotatable bonds is 1. The molecule has 10 heavy (non-hydrogen) atoms. The fourth-order valence-corrected chi connectivity index (χ4v) is 0.433. The molecule has 1 unspecified atom stereocenters. The van der Waals surface area contributed by atoms with E-state index in [0.29, 0.717) is 11.3 Å². The minimum absolute atomic E-state index is 0. The summed E-state index contributed by atoms with van der Waals surface area (Å²) in [6, 6.07) is 0. The molecule has 0 amide bonds. The summed E-state index contributed by atoms with van der Waals surface area (Å²) in [7, 11) is 0. The smallest absolute Gasteiger partial charge is 0.345 e. The second kappa shape index (κ2) is 8.34. The molecule has 0 aliphatic heterocycles. The largest absolute Gasteiger partial charge is 1.00 e. The normalized spacial score (nSPS) is 12.9. The molecule has 0 saturated heterocycles. The maximum absolute atomic E-state index is 3.97. The first-order chi connectivity index (χ1) is 3.48. The van der Waals surface area contributed by atoms with E-state index in [0.717, 1.165) is 6.42 Å². The molecule has 0 aliphatic carbocycles. The van der Waals surface area contributed by atoms with Gasteiger partial charge in [0.05, 0.1) is 0 Å². The predicted octanol–water partition coefficient (Wildman–Crippen LogP) is -0.292. The van der Waals surface area contributed by atoms with Gasteiger partial charge >= 0.3 is 51.4 Å². The third-order valence-corrected chi connectivity index (χ3v) is 1.57. The van der Waals surface area contributed by atoms with E-state index in [9.17, 15) is 0 Å². The zero-order chi connectivity index (χ0) is 6.78. The van der Waals surface area contributed by atoms with E-state index >= 15 is 0 Å². The molecular weight excluding hydrogens is 224 g/mol. The Morgan fingerprint density at radius 2 is 1.60 bits per heavy atom. The van der Waals surface area contributed by atoms with Crippen LogP contribution in [0.5, 0.6) is 0 Å². The number of hydrogen-bond acceptors (Lipinski definition) is 0. The molecule has 0 aromatic carbocycles. The molecule has 0 aromatic heterocycles. The van der Waals surface area contributed by atoms with Gasteiger partial charge in [0.15, 0.2) is 0 Å². The standard InChI is InChI=1S/C8H16.K.Y/c1-6-7(2)8(3,4)5;;/h7H,1-2,6H2,3-5H3;;/q-2;+1;. The number of hydrogen-bond donors (Lipinski definition) is 0. The molecule has 2 heteroatoms. The van der Waals surface area contributed by atoms with E-state index in [4.69, 9.17) is 0 Å². The van der Waals surface area contributed by atoms with E-state index < -0.39 is 0 Å². The SMILES string of the molecule is [CH2-]CC([CH2-])C(C)(C)C.[K+].[Y]. The Morgan fingerprint density at radius 1 is 1.30 bits per heavy atom. The molecule has 0 bridgehead atoms. The fourth-order valence-electron chi connectivity index (χ4n) is 0.433. The molecule has 53 valence electrons. The van der Waals surface area contributed by atoms with Gasteiger partial charge in [-0.25, -0.2) is 6.42 Å². The van der Waals surface area contributed by atoms with Gasteiger partial charge in [0, 0.05) is 32.7 Å². The van der Waals surface area contributed by atoms with E-state index in [1.165, 1.54) is 0 Å². The maximum atomic E-state index is 3.97. The van der Waals surface area contributed by atoms with Gasteiger partial charge < -0.3 is 13.8 Å². The molecule has 1 atom stereocenters. The first kappa shape index (κ1) is 18.5. The van der Waals surface area contributed by atoms with Crippen molar-refractivity contribution >= 4 is 0 Å². The van der Waals surface area contributed by atoms with Crippen LogP contribution in [0.25, 0.3) is 0 Å². The summed E-state index contributed by atoms with van der Waals surface area (Å²) in [5.41, 5.74) is 0.335. The summed E-state index contributed by atoms with van der Waals surface area (Å²) < 4.78 is 0. The van der Waals surface area contributed by atoms with Gasteiger partial charge in [-0.2, -0.15) is 5.92 Å². The average molecular weight is 240 g/mol. The van der Waals surface area contributed by atoms with Gasteiger partial charge in [-0.1, -0.05) is 26.2 Å². The topological polar surface area (TPSA) is 0 Å². The van der Waals surface area contributed by atoms with Gasteiger partial charge in [0.25, 0.3) is 0 Å². The first-order valence-electron chi connectivity index (χ1n) is 3.11. The van der Waals surface area contributed by atoms with Gasteiger partial charge in [0.1, 0.15) is 0 Å². The Labute approximate surface area is 134 Å². The summed E-state index contributed by atoms with van der Waals surface area (Å²) in [4.78, 5) is 0. The Hall–Kier alpha value is 2.74. The van der Waals surface area contributed by atoms with Crippen molar-refractivity contribution < 1.29 is 84.1 Å². The summed E-state index contributed by atoms with van der Waals surface area (Å²) in [5.74, 6) is 0.488. The molecular formula is C8H16KY-. The minimum Gasteiger partial charge on any atom is -0.345 e. The third kappa shape index (κ3) is 8.83. The van der Waals surface area contributed by atoms with Crippen molar-refractivity contribution in [2.75, 3.05) is 0 Å². The van der Waals surface area contributed by atoms with E-state index in [-0.39, 0.29) is 84.1 Å². The second-order valence-electron chi connectivity index (χ2n) is 3.35. The van der Waals surface area contributed by atoms with Crippen molar-refractivity contribution in [1.29, 1.82) is 0 Å². The van der Waals surface area contributed by atoms with Gasteiger partial charge in [0.2, 0.25) is 0 Å². The van der Waals surface area contributed by atoms with Crippen molar-refractivity contribution in [3.8, 4) is 0 Å². The molecule has 0 spiro atoms. The van der Waals surface area contributed by atoms with Crippen LogP contribution < -0.4 is 51.4 Å². The molecule has 0 fully saturated rings. The van der Waals surface area contributed by atoms with Crippen LogP contribution in [0.4, 0.5) is 0 Å². The second-order valence-corrected chi connectivity index (χ2v) is 3.35. The van der Waals surface area contributed by atoms with Crippen LogP contribution in [0.15, 0.2) is 0 Å². The van der Waals surface area contributed by atoms with Gasteiger partial charge in [-0.3, -0.25) is 0 Å². The van der Waals surface area contributed by atoms with Gasteiger partial charge in [-0.15, -0.1) is 0 Å². The Kier molecular flexibility index (Phi) is 15.4. The summed E-state index contributed by atoms with van der Waals surface area (Å²) in [5, 5.41) is 0. The molecule has 0 aliphatic rings. The third-order valence-electron chi connectivity index (χ3n) is 1.57. The monoisotopic (exact) mass is 240 g/mol. The van der Waals surface area contributed by atoms with Crippen LogP contribution in [-0.4, -0.2) is 0 Å². The molecule has 1 radical (unpaired) electrons. The van der Waals surface area contributed by atoms with Crippen molar-refractivity contribution in [3.63, 3.8) is 0 Å². The van der Waals surface area contributed by atoms with Crippen LogP contribution in [0.3, 0.4) is 0 Å². The summed E-state index contributed by atoms with van der Waals surface area (Å²) in [6.45, 7) is 14.3. The molecule has 0 heterocycles. The Morgan fingerprint density at radius 3 is 1.60 bits per heavy atom. The Balaban J connectivity index is -0.000000245. The van der Waals surface area contributed by atoms with Crippen molar-refractivity contribution in [2.45, 2.75) is 27.2 Å². The van der Waals surface area contributed by atoms with Crippen molar-refractivity contribution in [2.24, 2.45) is 11.3 Å². The molecule has 0 rings (SSSR count). The van der Waals surface area contributed by atoms with Crippen LogP contribution in [0, 0.1) is 25.2 Å². The molecule has 0 N–H and O–H groups in total. The Bertz CT molecular complexity index is 66.1. The molecule has 0 aromatic rings. The average Bonchev–Trinajstić information content (AvgIpc) is 1.62. The zero-order valence-corrected chi connectivity index (χ0v) is 13.7. The predicted molar refractivity (Wildman–Crippen MR) is 38.3 cm³/mol. The van der Waals surface area contributed by atoms with E-state index in [2.05, 4.69) is 34.6 Å². The molecule has 0 saturated carbocycles.